The Morgan fingerprint density at radius 1 is 1.16 bits per heavy atom. The fourth-order valence-electron chi connectivity index (χ4n) is 3.07. The van der Waals surface area contributed by atoms with Crippen molar-refractivity contribution in [3.8, 4) is 11.5 Å². The van der Waals surface area contributed by atoms with Crippen LogP contribution in [0.2, 0.25) is 5.02 Å². The Balaban J connectivity index is 1.57. The second-order valence-corrected chi connectivity index (χ2v) is 6.59. The van der Waals surface area contributed by atoms with Crippen molar-refractivity contribution in [1.82, 2.24) is 10.1 Å². The molecule has 0 unspecified atom stereocenters. The fraction of sp³-hybridized carbons (Fsp3) is 0.211. The maximum Gasteiger partial charge on any atom is 0.258 e. The van der Waals surface area contributed by atoms with Crippen LogP contribution in [0.4, 0.5) is 5.69 Å². The summed E-state index contributed by atoms with van der Waals surface area (Å²) in [5.41, 5.74) is 2.82. The lowest BCUT2D eigenvalue weighted by molar-refractivity contribution is -0.117. The lowest BCUT2D eigenvalue weighted by atomic mass is 10.1. The van der Waals surface area contributed by atoms with Crippen molar-refractivity contribution >= 4 is 23.2 Å². The van der Waals surface area contributed by atoms with Gasteiger partial charge < -0.3 is 9.42 Å². The van der Waals surface area contributed by atoms with Gasteiger partial charge in [0, 0.05) is 35.2 Å². The van der Waals surface area contributed by atoms with Gasteiger partial charge in [-0.1, -0.05) is 35.0 Å². The molecule has 5 nitrogen and oxygen atoms in total. The first-order valence-electron chi connectivity index (χ1n) is 8.07. The van der Waals surface area contributed by atoms with Crippen LogP contribution in [0.25, 0.3) is 11.5 Å². The van der Waals surface area contributed by atoms with Gasteiger partial charge in [0.05, 0.1) is 0 Å². The number of carbonyl (C=O) groups is 1. The number of benzene rings is 2. The third kappa shape index (κ3) is 3.03. The second-order valence-electron chi connectivity index (χ2n) is 6.15. The number of halogens is 1. The van der Waals surface area contributed by atoms with Gasteiger partial charge in [0.2, 0.25) is 5.91 Å². The molecule has 0 saturated carbocycles. The molecule has 0 spiro atoms. The van der Waals surface area contributed by atoms with E-state index in [1.165, 1.54) is 0 Å². The molecule has 0 bridgehead atoms. The summed E-state index contributed by atoms with van der Waals surface area (Å²) in [4.78, 5) is 18.6. The van der Waals surface area contributed by atoms with Crippen LogP contribution < -0.4 is 4.90 Å². The van der Waals surface area contributed by atoms with Gasteiger partial charge >= 0.3 is 0 Å². The molecular weight excluding hydrogens is 338 g/mol. The highest BCUT2D eigenvalue weighted by Crippen LogP contribution is 2.32. The number of amides is 1. The van der Waals surface area contributed by atoms with Crippen molar-refractivity contribution in [2.45, 2.75) is 19.3 Å². The number of rotatable bonds is 3. The normalized spacial score (nSPS) is 17.3. The number of carbonyl (C=O) groups excluding carboxylic acids is 1. The zero-order chi connectivity index (χ0) is 17.4. The van der Waals surface area contributed by atoms with E-state index in [9.17, 15) is 4.79 Å². The van der Waals surface area contributed by atoms with Gasteiger partial charge in [-0.3, -0.25) is 4.79 Å². The number of hydrogen-bond donors (Lipinski definition) is 0. The molecule has 25 heavy (non-hydrogen) atoms. The van der Waals surface area contributed by atoms with Crippen LogP contribution in [0, 0.1) is 6.92 Å². The third-order valence-corrected chi connectivity index (χ3v) is 4.70. The van der Waals surface area contributed by atoms with E-state index in [-0.39, 0.29) is 11.8 Å². The Bertz CT molecular complexity index is 920. The maximum absolute atomic E-state index is 12.4. The van der Waals surface area contributed by atoms with E-state index >= 15 is 0 Å². The fourth-order valence-corrected chi connectivity index (χ4v) is 3.20. The maximum atomic E-state index is 12.4. The molecule has 0 radical (unpaired) electrons. The summed E-state index contributed by atoms with van der Waals surface area (Å²) in [7, 11) is 0. The molecule has 1 aromatic heterocycles. The van der Waals surface area contributed by atoms with Crippen LogP contribution in [-0.2, 0) is 4.79 Å². The van der Waals surface area contributed by atoms with E-state index in [2.05, 4.69) is 10.1 Å². The summed E-state index contributed by atoms with van der Waals surface area (Å²) in [6.45, 7) is 2.54. The average Bonchev–Trinajstić information content (AvgIpc) is 3.23. The van der Waals surface area contributed by atoms with E-state index in [0.717, 1.165) is 16.8 Å². The minimum absolute atomic E-state index is 0.0505. The quantitative estimate of drug-likeness (QED) is 0.707. The van der Waals surface area contributed by atoms with Gasteiger partial charge in [-0.2, -0.15) is 4.98 Å². The Morgan fingerprint density at radius 3 is 2.68 bits per heavy atom. The molecule has 1 aliphatic heterocycles. The Morgan fingerprint density at radius 2 is 1.92 bits per heavy atom. The van der Waals surface area contributed by atoms with E-state index in [0.29, 0.717) is 29.7 Å². The first kappa shape index (κ1) is 15.8. The molecule has 1 amide bonds. The highest BCUT2D eigenvalue weighted by atomic mass is 35.5. The molecule has 3 aromatic rings. The number of aryl methyl sites for hydroxylation is 1. The van der Waals surface area contributed by atoms with Crippen molar-refractivity contribution in [2.75, 3.05) is 11.4 Å². The minimum atomic E-state index is -0.0790. The summed E-state index contributed by atoms with van der Waals surface area (Å²) in [5.74, 6) is 1.04. The van der Waals surface area contributed by atoms with Crippen LogP contribution in [0.15, 0.2) is 53.1 Å². The summed E-state index contributed by atoms with van der Waals surface area (Å²) in [6.07, 6.45) is 0.370. The molecule has 4 rings (SSSR count). The smallest absolute Gasteiger partial charge is 0.258 e. The molecule has 1 fully saturated rings. The van der Waals surface area contributed by atoms with Gasteiger partial charge in [0.25, 0.3) is 5.89 Å². The lowest BCUT2D eigenvalue weighted by Crippen LogP contribution is -2.24. The number of aromatic nitrogens is 2. The molecule has 1 aliphatic rings. The van der Waals surface area contributed by atoms with Gasteiger partial charge in [0.1, 0.15) is 0 Å². The predicted octanol–water partition coefficient (Wildman–Crippen LogP) is 4.22. The third-order valence-electron chi connectivity index (χ3n) is 4.45. The van der Waals surface area contributed by atoms with Gasteiger partial charge in [-0.05, 0) is 42.8 Å². The van der Waals surface area contributed by atoms with Gasteiger partial charge in [0.15, 0.2) is 5.82 Å². The Hall–Kier alpha value is -2.66. The first-order valence-corrected chi connectivity index (χ1v) is 8.45. The molecule has 126 valence electrons. The van der Waals surface area contributed by atoms with Crippen molar-refractivity contribution in [3.63, 3.8) is 0 Å². The van der Waals surface area contributed by atoms with Gasteiger partial charge in [-0.15, -0.1) is 0 Å². The van der Waals surface area contributed by atoms with Crippen LogP contribution >= 0.6 is 11.6 Å². The predicted molar refractivity (Wildman–Crippen MR) is 95.6 cm³/mol. The molecular formula is C19H16ClN3O2. The van der Waals surface area contributed by atoms with Crippen LogP contribution in [0.5, 0.6) is 0 Å². The van der Waals surface area contributed by atoms with Crippen LogP contribution in [-0.4, -0.2) is 22.6 Å². The molecule has 0 N–H and O–H groups in total. The van der Waals surface area contributed by atoms with Crippen molar-refractivity contribution in [3.05, 3.63) is 64.9 Å². The summed E-state index contributed by atoms with van der Waals surface area (Å²) in [6, 6.07) is 15.1. The standard InChI is InChI=1S/C19H16ClN3O2/c1-12-4-2-3-5-16(12)19-21-18(22-25-19)13-10-17(24)23(11-13)15-8-6-14(20)7-9-15/h2-9,13H,10-11H2,1H3/t13-/m1/s1. The van der Waals surface area contributed by atoms with Crippen molar-refractivity contribution in [1.29, 1.82) is 0 Å². The zero-order valence-electron chi connectivity index (χ0n) is 13.6. The Labute approximate surface area is 150 Å². The largest absolute Gasteiger partial charge is 0.334 e. The lowest BCUT2D eigenvalue weighted by Gasteiger charge is -2.16. The molecule has 2 heterocycles. The van der Waals surface area contributed by atoms with Crippen LogP contribution in [0.1, 0.15) is 23.7 Å². The van der Waals surface area contributed by atoms with Crippen LogP contribution in [0.3, 0.4) is 0 Å². The SMILES string of the molecule is Cc1ccccc1-c1nc([C@@H]2CC(=O)N(c3ccc(Cl)cc3)C2)no1. The highest BCUT2D eigenvalue weighted by molar-refractivity contribution is 6.30. The summed E-state index contributed by atoms with van der Waals surface area (Å²) >= 11 is 5.92. The molecule has 1 saturated heterocycles. The monoisotopic (exact) mass is 353 g/mol. The molecule has 1 atom stereocenters. The number of hydrogen-bond acceptors (Lipinski definition) is 4. The van der Waals surface area contributed by atoms with E-state index in [4.69, 9.17) is 16.1 Å². The molecule has 6 heteroatoms. The van der Waals surface area contributed by atoms with Gasteiger partial charge in [-0.25, -0.2) is 0 Å². The summed E-state index contributed by atoms with van der Waals surface area (Å²) in [5, 5.41) is 4.75. The average molecular weight is 354 g/mol. The van der Waals surface area contributed by atoms with Crippen molar-refractivity contribution in [2.24, 2.45) is 0 Å². The summed E-state index contributed by atoms with van der Waals surface area (Å²) < 4.78 is 5.43. The van der Waals surface area contributed by atoms with E-state index < -0.39 is 0 Å². The minimum Gasteiger partial charge on any atom is -0.334 e. The topological polar surface area (TPSA) is 59.2 Å². The zero-order valence-corrected chi connectivity index (χ0v) is 14.4. The van der Waals surface area contributed by atoms with Crippen molar-refractivity contribution < 1.29 is 9.32 Å². The highest BCUT2D eigenvalue weighted by Gasteiger charge is 2.34. The Kier molecular flexibility index (Phi) is 4.01. The van der Waals surface area contributed by atoms with E-state index in [1.807, 2.05) is 43.3 Å². The van der Waals surface area contributed by atoms with E-state index in [1.54, 1.807) is 17.0 Å². The molecule has 0 aliphatic carbocycles. The molecule has 2 aromatic carbocycles. The number of anilines is 1. The first-order chi connectivity index (χ1) is 12.1. The number of nitrogens with zero attached hydrogens (tertiary/aromatic N) is 3. The second kappa shape index (κ2) is 6.33.